The van der Waals surface area contributed by atoms with E-state index < -0.39 is 0 Å². The Labute approximate surface area is 77.7 Å². The van der Waals surface area contributed by atoms with Gasteiger partial charge in [0.1, 0.15) is 0 Å². The fourth-order valence-corrected chi connectivity index (χ4v) is 1.14. The van der Waals surface area contributed by atoms with E-state index in [9.17, 15) is 0 Å². The summed E-state index contributed by atoms with van der Waals surface area (Å²) in [6, 6.07) is 0. The SMILES string of the molecule is CC(CCl)CCc1cn(C)nn1. The summed E-state index contributed by atoms with van der Waals surface area (Å²) >= 11 is 5.68. The van der Waals surface area contributed by atoms with E-state index in [2.05, 4.69) is 17.2 Å². The second kappa shape index (κ2) is 4.45. The summed E-state index contributed by atoms with van der Waals surface area (Å²) in [7, 11) is 1.88. The van der Waals surface area contributed by atoms with Crippen molar-refractivity contribution in [2.75, 3.05) is 5.88 Å². The molecule has 0 amide bonds. The quantitative estimate of drug-likeness (QED) is 0.671. The summed E-state index contributed by atoms with van der Waals surface area (Å²) in [4.78, 5) is 0. The standard InChI is InChI=1S/C8H14ClN3/c1-7(5-9)3-4-8-6-12(2)11-10-8/h6-7H,3-5H2,1-2H3. The van der Waals surface area contributed by atoms with E-state index in [-0.39, 0.29) is 0 Å². The summed E-state index contributed by atoms with van der Waals surface area (Å²) in [6.07, 6.45) is 4.00. The highest BCUT2D eigenvalue weighted by molar-refractivity contribution is 6.18. The monoisotopic (exact) mass is 187 g/mol. The van der Waals surface area contributed by atoms with Crippen LogP contribution in [0.2, 0.25) is 0 Å². The zero-order chi connectivity index (χ0) is 8.97. The van der Waals surface area contributed by atoms with E-state index in [0.717, 1.165) is 24.4 Å². The third-order valence-electron chi connectivity index (χ3n) is 1.81. The van der Waals surface area contributed by atoms with E-state index in [0.29, 0.717) is 5.92 Å². The summed E-state index contributed by atoms with van der Waals surface area (Å²) in [6.45, 7) is 2.14. The van der Waals surface area contributed by atoms with Gasteiger partial charge in [0.05, 0.1) is 5.69 Å². The van der Waals surface area contributed by atoms with Crippen molar-refractivity contribution < 1.29 is 0 Å². The lowest BCUT2D eigenvalue weighted by molar-refractivity contribution is 0.586. The van der Waals surface area contributed by atoms with Gasteiger partial charge in [-0.15, -0.1) is 16.7 Å². The molecule has 0 bridgehead atoms. The molecular weight excluding hydrogens is 174 g/mol. The molecular formula is C8H14ClN3. The first-order valence-corrected chi connectivity index (χ1v) is 4.67. The van der Waals surface area contributed by atoms with Crippen LogP contribution < -0.4 is 0 Å². The molecule has 0 aromatic carbocycles. The number of hydrogen-bond acceptors (Lipinski definition) is 2. The maximum absolute atomic E-state index is 5.68. The van der Waals surface area contributed by atoms with Crippen molar-refractivity contribution >= 4 is 11.6 Å². The molecule has 12 heavy (non-hydrogen) atoms. The molecule has 1 heterocycles. The van der Waals surface area contributed by atoms with Crippen LogP contribution in [0.3, 0.4) is 0 Å². The van der Waals surface area contributed by atoms with Gasteiger partial charge in [-0.2, -0.15) is 0 Å². The molecule has 0 aliphatic rings. The first-order chi connectivity index (χ1) is 5.72. The van der Waals surface area contributed by atoms with Crippen molar-refractivity contribution in [3.05, 3.63) is 11.9 Å². The molecule has 1 unspecified atom stereocenters. The van der Waals surface area contributed by atoms with Crippen molar-refractivity contribution in [3.8, 4) is 0 Å². The number of aryl methyl sites for hydroxylation is 2. The lowest BCUT2D eigenvalue weighted by atomic mass is 10.1. The third kappa shape index (κ3) is 2.81. The number of aromatic nitrogens is 3. The highest BCUT2D eigenvalue weighted by Gasteiger charge is 2.02. The predicted octanol–water partition coefficient (Wildman–Crippen LogP) is 1.62. The van der Waals surface area contributed by atoms with Crippen molar-refractivity contribution in [2.45, 2.75) is 19.8 Å². The van der Waals surface area contributed by atoms with E-state index in [1.807, 2.05) is 13.2 Å². The van der Waals surface area contributed by atoms with Gasteiger partial charge in [0.2, 0.25) is 0 Å². The minimum atomic E-state index is 0.564. The Balaban J connectivity index is 2.33. The van der Waals surface area contributed by atoms with Gasteiger partial charge in [-0.25, -0.2) is 0 Å². The lowest BCUT2D eigenvalue weighted by Gasteiger charge is -2.03. The molecule has 68 valence electrons. The summed E-state index contributed by atoms with van der Waals surface area (Å²) < 4.78 is 1.72. The Hall–Kier alpha value is -0.570. The Bertz CT molecular complexity index is 234. The van der Waals surface area contributed by atoms with Gasteiger partial charge in [0.25, 0.3) is 0 Å². The largest absolute Gasteiger partial charge is 0.255 e. The first-order valence-electron chi connectivity index (χ1n) is 4.13. The third-order valence-corrected chi connectivity index (χ3v) is 2.33. The average molecular weight is 188 g/mol. The van der Waals surface area contributed by atoms with Crippen LogP contribution in [0, 0.1) is 5.92 Å². The van der Waals surface area contributed by atoms with Gasteiger partial charge in [-0.05, 0) is 18.8 Å². The van der Waals surface area contributed by atoms with Crippen LogP contribution in [0.25, 0.3) is 0 Å². The van der Waals surface area contributed by atoms with Crippen molar-refractivity contribution in [2.24, 2.45) is 13.0 Å². The molecule has 1 atom stereocenters. The van der Waals surface area contributed by atoms with E-state index >= 15 is 0 Å². The van der Waals surface area contributed by atoms with Crippen molar-refractivity contribution in [1.29, 1.82) is 0 Å². The van der Waals surface area contributed by atoms with Gasteiger partial charge < -0.3 is 0 Å². The summed E-state index contributed by atoms with van der Waals surface area (Å²) in [5.41, 5.74) is 1.05. The van der Waals surface area contributed by atoms with Gasteiger partial charge in [-0.1, -0.05) is 12.1 Å². The van der Waals surface area contributed by atoms with Crippen LogP contribution in [-0.4, -0.2) is 20.9 Å². The number of alkyl halides is 1. The van der Waals surface area contributed by atoms with Crippen LogP contribution in [0.5, 0.6) is 0 Å². The average Bonchev–Trinajstić information content (AvgIpc) is 2.47. The number of halogens is 1. The Morgan fingerprint density at radius 3 is 2.92 bits per heavy atom. The van der Waals surface area contributed by atoms with Crippen LogP contribution in [0.4, 0.5) is 0 Å². The second-order valence-corrected chi connectivity index (χ2v) is 3.49. The number of rotatable bonds is 4. The molecule has 4 heteroatoms. The topological polar surface area (TPSA) is 30.7 Å². The van der Waals surface area contributed by atoms with Crippen LogP contribution >= 0.6 is 11.6 Å². The fourth-order valence-electron chi connectivity index (χ4n) is 0.981. The molecule has 0 saturated heterocycles. The predicted molar refractivity (Wildman–Crippen MR) is 49.2 cm³/mol. The lowest BCUT2D eigenvalue weighted by Crippen LogP contribution is -1.98. The highest BCUT2D eigenvalue weighted by atomic mass is 35.5. The van der Waals surface area contributed by atoms with Gasteiger partial charge in [0, 0.05) is 19.1 Å². The molecule has 3 nitrogen and oxygen atoms in total. The normalized spacial score (nSPS) is 13.2. The highest BCUT2D eigenvalue weighted by Crippen LogP contribution is 2.08. The van der Waals surface area contributed by atoms with Gasteiger partial charge in [-0.3, -0.25) is 4.68 Å². The van der Waals surface area contributed by atoms with Crippen molar-refractivity contribution in [1.82, 2.24) is 15.0 Å². The van der Waals surface area contributed by atoms with Crippen LogP contribution in [0.15, 0.2) is 6.20 Å². The van der Waals surface area contributed by atoms with Gasteiger partial charge >= 0.3 is 0 Å². The van der Waals surface area contributed by atoms with Crippen molar-refractivity contribution in [3.63, 3.8) is 0 Å². The minimum absolute atomic E-state index is 0.564. The summed E-state index contributed by atoms with van der Waals surface area (Å²) in [5, 5.41) is 7.85. The zero-order valence-corrected chi connectivity index (χ0v) is 8.25. The van der Waals surface area contributed by atoms with Crippen LogP contribution in [-0.2, 0) is 13.5 Å². The molecule has 1 aromatic heterocycles. The molecule has 0 fully saturated rings. The Morgan fingerprint density at radius 2 is 2.42 bits per heavy atom. The summed E-state index contributed by atoms with van der Waals surface area (Å²) in [5.74, 6) is 1.29. The number of hydrogen-bond donors (Lipinski definition) is 0. The Morgan fingerprint density at radius 1 is 1.67 bits per heavy atom. The van der Waals surface area contributed by atoms with Gasteiger partial charge in [0.15, 0.2) is 0 Å². The smallest absolute Gasteiger partial charge is 0.0827 e. The fraction of sp³-hybridized carbons (Fsp3) is 0.750. The first kappa shape index (κ1) is 9.52. The Kier molecular flexibility index (Phi) is 3.53. The van der Waals surface area contributed by atoms with E-state index in [4.69, 9.17) is 11.6 Å². The molecule has 0 radical (unpaired) electrons. The molecule has 0 spiro atoms. The molecule has 0 aliphatic carbocycles. The molecule has 1 rings (SSSR count). The van der Waals surface area contributed by atoms with E-state index in [1.54, 1.807) is 4.68 Å². The minimum Gasteiger partial charge on any atom is -0.255 e. The molecule has 0 aliphatic heterocycles. The molecule has 0 N–H and O–H groups in total. The number of nitrogens with zero attached hydrogens (tertiary/aromatic N) is 3. The molecule has 0 saturated carbocycles. The molecule has 1 aromatic rings. The zero-order valence-electron chi connectivity index (χ0n) is 7.50. The van der Waals surface area contributed by atoms with E-state index in [1.165, 1.54) is 0 Å². The maximum atomic E-state index is 5.68. The maximum Gasteiger partial charge on any atom is 0.0827 e. The second-order valence-electron chi connectivity index (χ2n) is 3.18. The van der Waals surface area contributed by atoms with Crippen LogP contribution in [0.1, 0.15) is 19.0 Å².